The van der Waals surface area contributed by atoms with E-state index in [9.17, 15) is 13.2 Å². The van der Waals surface area contributed by atoms with E-state index in [1.165, 1.54) is 12.1 Å². The molecule has 0 bridgehead atoms. The number of rotatable bonds is 7. The van der Waals surface area contributed by atoms with Crippen LogP contribution in [0.25, 0.3) is 0 Å². The highest BCUT2D eigenvalue weighted by Crippen LogP contribution is 2.16. The third-order valence-corrected chi connectivity index (χ3v) is 5.79. The topological polar surface area (TPSA) is 101 Å². The van der Waals surface area contributed by atoms with Crippen LogP contribution in [0.4, 0.5) is 10.5 Å². The first-order valence-electron chi connectivity index (χ1n) is 8.68. The number of hydrogen-bond acceptors (Lipinski definition) is 5. The molecule has 2 heterocycles. The molecule has 144 valence electrons. The van der Waals surface area contributed by atoms with Gasteiger partial charge in [-0.1, -0.05) is 6.07 Å². The molecule has 0 aliphatic rings. The number of pyridine rings is 2. The Hall–Kier alpha value is -3.26. The van der Waals surface area contributed by atoms with E-state index in [4.69, 9.17) is 0 Å². The number of carbonyl (C=O) groups is 1. The first kappa shape index (κ1) is 19.5. The molecule has 28 heavy (non-hydrogen) atoms. The summed E-state index contributed by atoms with van der Waals surface area (Å²) < 4.78 is 25.0. The summed E-state index contributed by atoms with van der Waals surface area (Å²) in [6, 6.07) is 13.0. The van der Waals surface area contributed by atoms with Crippen LogP contribution in [0, 0.1) is 0 Å². The molecule has 8 heteroatoms. The van der Waals surface area contributed by atoms with Crippen LogP contribution in [0.5, 0.6) is 0 Å². The number of hydrogen-bond donors (Lipinski definition) is 2. The van der Waals surface area contributed by atoms with E-state index >= 15 is 0 Å². The Labute approximate surface area is 163 Å². The molecule has 3 aromatic rings. The van der Waals surface area contributed by atoms with Crippen molar-refractivity contribution in [2.75, 3.05) is 11.1 Å². The molecule has 0 radical (unpaired) electrons. The first-order valence-corrected chi connectivity index (χ1v) is 10.3. The second-order valence-electron chi connectivity index (χ2n) is 6.12. The lowest BCUT2D eigenvalue weighted by atomic mass is 10.2. The first-order chi connectivity index (χ1) is 13.5. The van der Waals surface area contributed by atoms with Crippen molar-refractivity contribution in [2.24, 2.45) is 0 Å². The predicted octanol–water partition coefficient (Wildman–Crippen LogP) is 2.81. The molecule has 0 saturated carbocycles. The summed E-state index contributed by atoms with van der Waals surface area (Å²) in [4.78, 5) is 20.1. The highest BCUT2D eigenvalue weighted by atomic mass is 32.2. The average Bonchev–Trinajstić information content (AvgIpc) is 2.73. The molecule has 0 aliphatic carbocycles. The number of anilines is 1. The minimum Gasteiger partial charge on any atom is -0.334 e. The van der Waals surface area contributed by atoms with Crippen LogP contribution in [0.3, 0.4) is 0 Å². The fourth-order valence-electron chi connectivity index (χ4n) is 2.53. The lowest BCUT2D eigenvalue weighted by Gasteiger charge is -2.09. The molecule has 0 saturated heterocycles. The molecule has 0 atom stereocenters. The summed E-state index contributed by atoms with van der Waals surface area (Å²) in [6.45, 7) is 0.348. The number of nitrogens with zero attached hydrogens (tertiary/aromatic N) is 2. The molecule has 0 unspecified atom stereocenters. The zero-order chi connectivity index (χ0) is 19.8. The van der Waals surface area contributed by atoms with Crippen molar-refractivity contribution in [3.63, 3.8) is 0 Å². The molecule has 2 N–H and O–H groups in total. The zero-order valence-corrected chi connectivity index (χ0v) is 15.9. The zero-order valence-electron chi connectivity index (χ0n) is 15.1. The van der Waals surface area contributed by atoms with Crippen molar-refractivity contribution < 1.29 is 13.2 Å². The maximum Gasteiger partial charge on any atom is 0.319 e. The van der Waals surface area contributed by atoms with Gasteiger partial charge in [0.25, 0.3) is 0 Å². The molecule has 2 amide bonds. The van der Waals surface area contributed by atoms with E-state index in [-0.39, 0.29) is 16.7 Å². The van der Waals surface area contributed by atoms with Crippen LogP contribution in [0.1, 0.15) is 11.1 Å². The minimum absolute atomic E-state index is 0.00931. The summed E-state index contributed by atoms with van der Waals surface area (Å²) >= 11 is 0. The largest absolute Gasteiger partial charge is 0.334 e. The number of carbonyl (C=O) groups excluding carboxylic acids is 1. The van der Waals surface area contributed by atoms with Gasteiger partial charge >= 0.3 is 6.03 Å². The summed E-state index contributed by atoms with van der Waals surface area (Å²) in [7, 11) is -3.41. The maximum absolute atomic E-state index is 12.5. The highest BCUT2D eigenvalue weighted by Gasteiger charge is 2.14. The third kappa shape index (κ3) is 5.62. The van der Waals surface area contributed by atoms with Gasteiger partial charge in [0.2, 0.25) is 0 Å². The Kier molecular flexibility index (Phi) is 6.33. The van der Waals surface area contributed by atoms with Crippen molar-refractivity contribution in [3.8, 4) is 0 Å². The van der Waals surface area contributed by atoms with Gasteiger partial charge in [0.1, 0.15) is 0 Å². The molecule has 7 nitrogen and oxygen atoms in total. The lowest BCUT2D eigenvalue weighted by molar-refractivity contribution is 0.251. The van der Waals surface area contributed by atoms with Gasteiger partial charge in [-0.2, -0.15) is 0 Å². The van der Waals surface area contributed by atoms with Crippen LogP contribution in [0.2, 0.25) is 0 Å². The van der Waals surface area contributed by atoms with E-state index in [1.807, 2.05) is 6.07 Å². The molecular weight excluding hydrogens is 376 g/mol. The van der Waals surface area contributed by atoms with Crippen molar-refractivity contribution in [1.29, 1.82) is 0 Å². The lowest BCUT2D eigenvalue weighted by Crippen LogP contribution is -2.28. The quantitative estimate of drug-likeness (QED) is 0.639. The smallest absolute Gasteiger partial charge is 0.319 e. The minimum atomic E-state index is -3.41. The van der Waals surface area contributed by atoms with Gasteiger partial charge in [-0.15, -0.1) is 0 Å². The Morgan fingerprint density at radius 3 is 2.32 bits per heavy atom. The molecule has 0 fully saturated rings. The summed E-state index contributed by atoms with van der Waals surface area (Å²) in [5.74, 6) is 0.00931. The fourth-order valence-corrected chi connectivity index (χ4v) is 3.82. The molecular formula is C20H20N4O3S. The molecule has 0 aliphatic heterocycles. The van der Waals surface area contributed by atoms with Crippen LogP contribution < -0.4 is 10.6 Å². The predicted molar refractivity (Wildman–Crippen MR) is 107 cm³/mol. The average molecular weight is 396 g/mol. The van der Waals surface area contributed by atoms with Gasteiger partial charge in [-0.3, -0.25) is 9.97 Å². The molecule has 0 spiro atoms. The number of sulfone groups is 1. The number of aromatic nitrogens is 2. The van der Waals surface area contributed by atoms with Gasteiger partial charge in [0, 0.05) is 37.0 Å². The van der Waals surface area contributed by atoms with Gasteiger partial charge in [0.05, 0.1) is 10.6 Å². The van der Waals surface area contributed by atoms with Crippen LogP contribution >= 0.6 is 0 Å². The summed E-state index contributed by atoms with van der Waals surface area (Å²) in [5, 5.41) is 5.39. The highest BCUT2D eigenvalue weighted by molar-refractivity contribution is 7.91. The van der Waals surface area contributed by atoms with Gasteiger partial charge in [0.15, 0.2) is 9.84 Å². The van der Waals surface area contributed by atoms with Crippen molar-refractivity contribution in [1.82, 2.24) is 15.3 Å². The van der Waals surface area contributed by atoms with Crippen molar-refractivity contribution >= 4 is 21.6 Å². The third-order valence-electron chi connectivity index (χ3n) is 4.06. The Balaban J connectivity index is 1.54. The summed E-state index contributed by atoms with van der Waals surface area (Å²) in [5.41, 5.74) is 2.31. The van der Waals surface area contributed by atoms with Gasteiger partial charge in [-0.25, -0.2) is 13.2 Å². The Morgan fingerprint density at radius 1 is 0.893 bits per heavy atom. The van der Waals surface area contributed by atoms with Crippen molar-refractivity contribution in [3.05, 3.63) is 84.4 Å². The van der Waals surface area contributed by atoms with Crippen LogP contribution in [0.15, 0.2) is 78.2 Å². The van der Waals surface area contributed by atoms with E-state index in [0.29, 0.717) is 18.7 Å². The molecule has 3 rings (SSSR count). The summed E-state index contributed by atoms with van der Waals surface area (Å²) in [6.07, 6.45) is 7.03. The number of benzene rings is 1. The SMILES string of the molecule is O=C(NCc1cccnc1)Nc1ccc(S(=O)(=O)CCc2ccncc2)cc1. The standard InChI is InChI=1S/C20H20N4O3S/c25-20(23-15-17-2-1-10-22-14-17)24-18-3-5-19(6-4-18)28(26,27)13-9-16-7-11-21-12-8-16/h1-8,10-12,14H,9,13,15H2,(H2,23,24,25). The molecule has 1 aromatic carbocycles. The van der Waals surface area contributed by atoms with Crippen molar-refractivity contribution in [2.45, 2.75) is 17.9 Å². The van der Waals surface area contributed by atoms with E-state index < -0.39 is 9.84 Å². The van der Waals surface area contributed by atoms with Crippen LogP contribution in [-0.4, -0.2) is 30.2 Å². The van der Waals surface area contributed by atoms with E-state index in [0.717, 1.165) is 11.1 Å². The number of urea groups is 1. The fraction of sp³-hybridized carbons (Fsp3) is 0.150. The number of amides is 2. The number of aryl methyl sites for hydroxylation is 1. The molecule has 2 aromatic heterocycles. The monoisotopic (exact) mass is 396 g/mol. The Bertz CT molecular complexity index is 1010. The normalized spacial score (nSPS) is 11.0. The number of nitrogens with one attached hydrogen (secondary N) is 2. The van der Waals surface area contributed by atoms with E-state index in [1.54, 1.807) is 55.1 Å². The van der Waals surface area contributed by atoms with Gasteiger partial charge < -0.3 is 10.6 Å². The second kappa shape index (κ2) is 9.09. The Morgan fingerprint density at radius 2 is 1.64 bits per heavy atom. The second-order valence-corrected chi connectivity index (χ2v) is 8.23. The van der Waals surface area contributed by atoms with Gasteiger partial charge in [-0.05, 0) is 60.0 Å². The maximum atomic E-state index is 12.5. The van der Waals surface area contributed by atoms with E-state index in [2.05, 4.69) is 20.6 Å². The van der Waals surface area contributed by atoms with Crippen LogP contribution in [-0.2, 0) is 22.8 Å².